The standard InChI is InChI=1S/C11H17NO4S2/c1-2-3-7-10-17(13,14)12-18(15,16)11-8-5-4-6-9-11/h4-6,8-9,12H,2-3,7,10H2,1H3. The van der Waals surface area contributed by atoms with Gasteiger partial charge in [0, 0.05) is 0 Å². The monoisotopic (exact) mass is 291 g/mol. The first-order valence-corrected chi connectivity index (χ1v) is 8.82. The Balaban J connectivity index is 2.78. The van der Waals surface area contributed by atoms with Crippen molar-refractivity contribution in [2.75, 3.05) is 5.75 Å². The van der Waals surface area contributed by atoms with Crippen LogP contribution in [-0.2, 0) is 20.0 Å². The fraction of sp³-hybridized carbons (Fsp3) is 0.455. The molecule has 0 radical (unpaired) electrons. The predicted octanol–water partition coefficient (Wildman–Crippen LogP) is 1.48. The van der Waals surface area contributed by atoms with Crippen molar-refractivity contribution in [3.05, 3.63) is 30.3 Å². The van der Waals surface area contributed by atoms with Crippen molar-refractivity contribution in [1.29, 1.82) is 0 Å². The topological polar surface area (TPSA) is 80.3 Å². The van der Waals surface area contributed by atoms with Crippen LogP contribution in [0.15, 0.2) is 35.2 Å². The van der Waals surface area contributed by atoms with Gasteiger partial charge in [-0.25, -0.2) is 16.8 Å². The lowest BCUT2D eigenvalue weighted by molar-refractivity contribution is 0.574. The summed E-state index contributed by atoms with van der Waals surface area (Å²) < 4.78 is 48.5. The molecule has 0 atom stereocenters. The number of unbranched alkanes of at least 4 members (excludes halogenated alkanes) is 2. The molecule has 0 bridgehead atoms. The molecule has 0 spiro atoms. The highest BCUT2D eigenvalue weighted by Gasteiger charge is 2.21. The lowest BCUT2D eigenvalue weighted by Crippen LogP contribution is -2.32. The molecule has 1 aromatic rings. The minimum Gasteiger partial charge on any atom is -0.211 e. The van der Waals surface area contributed by atoms with Crippen molar-refractivity contribution in [2.45, 2.75) is 31.1 Å². The maximum absolute atomic E-state index is 11.8. The third-order valence-electron chi connectivity index (χ3n) is 2.31. The number of rotatable bonds is 7. The van der Waals surface area contributed by atoms with E-state index in [2.05, 4.69) is 0 Å². The molecular formula is C11H17NO4S2. The van der Waals surface area contributed by atoms with Gasteiger partial charge in [-0.1, -0.05) is 38.0 Å². The van der Waals surface area contributed by atoms with Crippen molar-refractivity contribution < 1.29 is 16.8 Å². The SMILES string of the molecule is CCCCCS(=O)(=O)NS(=O)(=O)c1ccccc1. The fourth-order valence-electron chi connectivity index (χ4n) is 1.40. The Morgan fingerprint density at radius 1 is 1.00 bits per heavy atom. The highest BCUT2D eigenvalue weighted by molar-refractivity contribution is 8.04. The van der Waals surface area contributed by atoms with E-state index in [4.69, 9.17) is 0 Å². The van der Waals surface area contributed by atoms with Crippen LogP contribution in [0.2, 0.25) is 0 Å². The van der Waals surface area contributed by atoms with E-state index >= 15 is 0 Å². The summed E-state index contributed by atoms with van der Waals surface area (Å²) in [6.07, 6.45) is 2.09. The van der Waals surface area contributed by atoms with Gasteiger partial charge in [0.15, 0.2) is 0 Å². The van der Waals surface area contributed by atoms with Crippen molar-refractivity contribution in [1.82, 2.24) is 4.13 Å². The molecule has 0 saturated heterocycles. The Morgan fingerprint density at radius 3 is 2.17 bits per heavy atom. The minimum absolute atomic E-state index is 0.0518. The summed E-state index contributed by atoms with van der Waals surface area (Å²) in [6.45, 7) is 1.95. The van der Waals surface area contributed by atoms with Crippen LogP contribution < -0.4 is 4.13 Å². The lowest BCUT2D eigenvalue weighted by atomic mass is 10.3. The average molecular weight is 291 g/mol. The van der Waals surface area contributed by atoms with Crippen molar-refractivity contribution in [3.63, 3.8) is 0 Å². The molecule has 102 valence electrons. The molecular weight excluding hydrogens is 274 g/mol. The summed E-state index contributed by atoms with van der Waals surface area (Å²) in [7, 11) is -7.79. The first-order valence-electron chi connectivity index (χ1n) is 5.69. The Kier molecular flexibility index (Phi) is 5.30. The van der Waals surface area contributed by atoms with Gasteiger partial charge in [0.25, 0.3) is 10.0 Å². The van der Waals surface area contributed by atoms with Gasteiger partial charge in [0.1, 0.15) is 0 Å². The van der Waals surface area contributed by atoms with Gasteiger partial charge in [-0.2, -0.15) is 0 Å². The van der Waals surface area contributed by atoms with Crippen LogP contribution in [0, 0.1) is 0 Å². The zero-order valence-corrected chi connectivity index (χ0v) is 11.8. The smallest absolute Gasteiger partial charge is 0.211 e. The summed E-state index contributed by atoms with van der Waals surface area (Å²) in [4.78, 5) is -0.0518. The summed E-state index contributed by atoms with van der Waals surface area (Å²) in [5.74, 6) is -0.174. The quantitative estimate of drug-likeness (QED) is 0.772. The van der Waals surface area contributed by atoms with Crippen LogP contribution in [0.3, 0.4) is 0 Å². The summed E-state index contributed by atoms with van der Waals surface area (Å²) in [5.41, 5.74) is 0. The summed E-state index contributed by atoms with van der Waals surface area (Å²) in [6, 6.07) is 7.44. The van der Waals surface area contributed by atoms with Gasteiger partial charge < -0.3 is 0 Å². The van der Waals surface area contributed by atoms with E-state index in [1.165, 1.54) is 24.3 Å². The molecule has 1 rings (SSSR count). The van der Waals surface area contributed by atoms with Crippen LogP contribution in [0.4, 0.5) is 0 Å². The molecule has 0 saturated carbocycles. The van der Waals surface area contributed by atoms with Gasteiger partial charge in [-0.3, -0.25) is 0 Å². The Labute approximate surface area is 108 Å². The van der Waals surface area contributed by atoms with Gasteiger partial charge in [0.2, 0.25) is 10.0 Å². The molecule has 0 aromatic heterocycles. The highest BCUT2D eigenvalue weighted by Crippen LogP contribution is 2.09. The Hall–Kier alpha value is -0.920. The van der Waals surface area contributed by atoms with Crippen molar-refractivity contribution in [2.24, 2.45) is 0 Å². The zero-order chi connectivity index (χ0) is 13.6. The number of sulfonamides is 2. The zero-order valence-electron chi connectivity index (χ0n) is 10.2. The van der Waals surface area contributed by atoms with Crippen molar-refractivity contribution in [3.8, 4) is 0 Å². The number of hydrogen-bond donors (Lipinski definition) is 1. The van der Waals surface area contributed by atoms with Crippen LogP contribution in [0.25, 0.3) is 0 Å². The molecule has 7 heteroatoms. The third-order valence-corrected chi connectivity index (χ3v) is 5.92. The van der Waals surface area contributed by atoms with Crippen molar-refractivity contribution >= 4 is 20.0 Å². The first kappa shape index (κ1) is 15.1. The first-order chi connectivity index (χ1) is 8.37. The van der Waals surface area contributed by atoms with Gasteiger partial charge in [-0.05, 0) is 18.6 Å². The van der Waals surface area contributed by atoms with E-state index in [0.29, 0.717) is 6.42 Å². The molecule has 0 aliphatic carbocycles. The van der Waals surface area contributed by atoms with E-state index in [1.807, 2.05) is 6.92 Å². The van der Waals surface area contributed by atoms with E-state index in [9.17, 15) is 16.8 Å². The Bertz CT molecular complexity index is 564. The second-order valence-electron chi connectivity index (χ2n) is 3.93. The molecule has 18 heavy (non-hydrogen) atoms. The normalized spacial score (nSPS) is 12.5. The van der Waals surface area contributed by atoms with Crippen LogP contribution in [0.5, 0.6) is 0 Å². The minimum atomic E-state index is -3.99. The molecule has 1 aromatic carbocycles. The van der Waals surface area contributed by atoms with Gasteiger partial charge >= 0.3 is 0 Å². The van der Waals surface area contributed by atoms with Crippen LogP contribution in [0.1, 0.15) is 26.2 Å². The largest absolute Gasteiger partial charge is 0.253 e. The van der Waals surface area contributed by atoms with E-state index in [0.717, 1.165) is 12.8 Å². The molecule has 0 fully saturated rings. The summed E-state index contributed by atoms with van der Waals surface area (Å²) in [5, 5.41) is 0. The highest BCUT2D eigenvalue weighted by atomic mass is 32.3. The second kappa shape index (κ2) is 6.31. The summed E-state index contributed by atoms with van der Waals surface area (Å²) >= 11 is 0. The number of benzene rings is 1. The number of hydrogen-bond acceptors (Lipinski definition) is 4. The molecule has 0 unspecified atom stereocenters. The maximum atomic E-state index is 11.8. The molecule has 0 amide bonds. The third kappa shape index (κ3) is 4.75. The van der Waals surface area contributed by atoms with Crippen LogP contribution >= 0.6 is 0 Å². The number of nitrogens with one attached hydrogen (secondary N) is 1. The molecule has 5 nitrogen and oxygen atoms in total. The average Bonchev–Trinajstić information content (AvgIpc) is 2.29. The molecule has 1 N–H and O–H groups in total. The second-order valence-corrected chi connectivity index (χ2v) is 7.71. The fourth-order valence-corrected chi connectivity index (χ4v) is 4.55. The Morgan fingerprint density at radius 2 is 1.61 bits per heavy atom. The van der Waals surface area contributed by atoms with Crippen LogP contribution in [-0.4, -0.2) is 22.6 Å². The van der Waals surface area contributed by atoms with E-state index in [-0.39, 0.29) is 10.6 Å². The predicted molar refractivity (Wildman–Crippen MR) is 70.1 cm³/mol. The van der Waals surface area contributed by atoms with Gasteiger partial charge in [0.05, 0.1) is 10.6 Å². The molecule has 0 aliphatic rings. The maximum Gasteiger partial charge on any atom is 0.253 e. The van der Waals surface area contributed by atoms with Gasteiger partial charge in [-0.15, -0.1) is 4.13 Å². The molecule has 0 heterocycles. The lowest BCUT2D eigenvalue weighted by Gasteiger charge is -2.07. The van der Waals surface area contributed by atoms with E-state index in [1.54, 1.807) is 10.2 Å². The van der Waals surface area contributed by atoms with E-state index < -0.39 is 20.0 Å². The molecule has 0 aliphatic heterocycles.